The van der Waals surface area contributed by atoms with Crippen molar-refractivity contribution in [2.75, 3.05) is 6.54 Å². The second-order valence-corrected chi connectivity index (χ2v) is 22.3. The molecule has 5 atom stereocenters. The number of ether oxygens (including phenoxy) is 1. The summed E-state index contributed by atoms with van der Waals surface area (Å²) in [4.78, 5) is 67.5. The number of aryl methyl sites for hydroxylation is 3. The number of likely N-dealkylation sites (tertiary alicyclic amines) is 1. The van der Waals surface area contributed by atoms with Crippen molar-refractivity contribution in [2.24, 2.45) is 16.3 Å². The molecule has 1 aliphatic carbocycles. The smallest absolute Gasteiger partial charge is 0.246 e. The third kappa shape index (κ3) is 10.7. The van der Waals surface area contributed by atoms with Crippen LogP contribution in [-0.4, -0.2) is 94.4 Å². The molecule has 3 aromatic carbocycles. The zero-order chi connectivity index (χ0) is 51.2. The van der Waals surface area contributed by atoms with Crippen molar-refractivity contribution >= 4 is 52.2 Å². The van der Waals surface area contributed by atoms with Gasteiger partial charge in [-0.15, -0.1) is 21.5 Å². The second-order valence-electron chi connectivity index (χ2n) is 20.7. The quantitative estimate of drug-likeness (QED) is 0.0909. The zero-order valence-corrected chi connectivity index (χ0v) is 43.6. The molecule has 5 heterocycles. The Labute approximate surface area is 429 Å². The highest BCUT2D eigenvalue weighted by molar-refractivity contribution is 7.15. The van der Waals surface area contributed by atoms with Crippen LogP contribution in [0.2, 0.25) is 5.02 Å². The van der Waals surface area contributed by atoms with Crippen LogP contribution in [0.4, 0.5) is 0 Å². The molecular weight excluding hydrogens is 950 g/mol. The summed E-state index contributed by atoms with van der Waals surface area (Å²) in [5.41, 5.74) is 5.78. The first-order valence-electron chi connectivity index (χ1n) is 24.6. The number of nitrogens with zero attached hydrogens (tertiary/aromatic N) is 7. The van der Waals surface area contributed by atoms with Gasteiger partial charge in [0, 0.05) is 64.9 Å². The average molecular weight is 1010 g/mol. The van der Waals surface area contributed by atoms with E-state index in [1.165, 1.54) is 9.78 Å². The standard InChI is InChI=1S/C55H62ClN9O6S/c1-30-32(3)72-54-48(30)49(38-11-15-39(56)16-12-38)59-45(51-62-61-34(5)65(51)54)27-41(66)23-36-24-44(25-36)71-43-19-9-35(10-20-43)26-47(68)60-50(55(6,7)8)53(70)64-29-42(67)28-46(64)52(69)58-31(2)37-13-17-40(18-14-37)63-22-21-57-33(63)4/h9-22,31,36,42,44-46,50,67H,23-29H2,1-8H3,(H,58,69)(H,60,68)/t31-,36?,42+,44?,45-,46-,50+/m0/s1. The van der Waals surface area contributed by atoms with Gasteiger partial charge >= 0.3 is 0 Å². The van der Waals surface area contributed by atoms with Crippen molar-refractivity contribution in [3.63, 3.8) is 0 Å². The fourth-order valence-electron chi connectivity index (χ4n) is 10.1. The van der Waals surface area contributed by atoms with Crippen LogP contribution in [0.1, 0.15) is 122 Å². The van der Waals surface area contributed by atoms with Crippen LogP contribution in [-0.2, 0) is 25.6 Å². The Kier molecular flexibility index (Phi) is 14.4. The van der Waals surface area contributed by atoms with Gasteiger partial charge in [0.25, 0.3) is 0 Å². The lowest BCUT2D eigenvalue weighted by Crippen LogP contribution is -2.58. The average Bonchev–Trinajstić information content (AvgIpc) is 4.10. The number of hydrogen-bond donors (Lipinski definition) is 3. The Morgan fingerprint density at radius 1 is 0.889 bits per heavy atom. The van der Waals surface area contributed by atoms with E-state index in [1.54, 1.807) is 17.5 Å². The van der Waals surface area contributed by atoms with Gasteiger partial charge in [-0.2, -0.15) is 0 Å². The Hall–Kier alpha value is -6.49. The Morgan fingerprint density at radius 2 is 1.60 bits per heavy atom. The van der Waals surface area contributed by atoms with Crippen LogP contribution in [0.3, 0.4) is 0 Å². The molecule has 0 bridgehead atoms. The number of thiophene rings is 1. The largest absolute Gasteiger partial charge is 0.490 e. The molecule has 15 nitrogen and oxygen atoms in total. The van der Waals surface area contributed by atoms with Gasteiger partial charge in [0.2, 0.25) is 17.7 Å². The molecule has 0 radical (unpaired) electrons. The molecule has 72 heavy (non-hydrogen) atoms. The number of hydrogen-bond acceptors (Lipinski definition) is 11. The van der Waals surface area contributed by atoms with E-state index in [2.05, 4.69) is 44.2 Å². The number of carbonyl (C=O) groups is 4. The summed E-state index contributed by atoms with van der Waals surface area (Å²) < 4.78 is 10.3. The van der Waals surface area contributed by atoms with Crippen molar-refractivity contribution in [1.82, 2.24) is 39.8 Å². The molecule has 6 aromatic rings. The third-order valence-corrected chi connectivity index (χ3v) is 15.7. The first kappa shape index (κ1) is 50.5. The fourth-order valence-corrected chi connectivity index (χ4v) is 11.4. The van der Waals surface area contributed by atoms with Crippen molar-refractivity contribution in [2.45, 2.75) is 130 Å². The molecule has 3 aromatic heterocycles. The number of imidazole rings is 1. The molecule has 1 saturated heterocycles. The van der Waals surface area contributed by atoms with E-state index in [-0.39, 0.29) is 61.5 Å². The third-order valence-electron chi connectivity index (χ3n) is 14.2. The number of fused-ring (bicyclic) bond motifs is 3. The number of ketones is 1. The monoisotopic (exact) mass is 1010 g/mol. The zero-order valence-electron chi connectivity index (χ0n) is 42.0. The Balaban J connectivity index is 0.768. The van der Waals surface area contributed by atoms with Crippen LogP contribution in [0.15, 0.2) is 90.2 Å². The fraction of sp³-hybridized carbons (Fsp3) is 0.418. The molecule has 3 amide bonds. The van der Waals surface area contributed by atoms with Gasteiger partial charge in [-0.25, -0.2) is 4.98 Å². The van der Waals surface area contributed by atoms with E-state index in [0.717, 1.165) is 68.7 Å². The molecule has 0 unspecified atom stereocenters. The van der Waals surface area contributed by atoms with Crippen LogP contribution < -0.4 is 15.4 Å². The number of carbonyl (C=O) groups excluding carboxylic acids is 4. The molecule has 2 aliphatic heterocycles. The van der Waals surface area contributed by atoms with E-state index in [4.69, 9.17) is 21.3 Å². The van der Waals surface area contributed by atoms with Gasteiger partial charge in [-0.3, -0.25) is 28.7 Å². The highest BCUT2D eigenvalue weighted by Crippen LogP contribution is 2.41. The molecule has 9 rings (SSSR count). The number of rotatable bonds is 15. The Bertz CT molecular complexity index is 3020. The van der Waals surface area contributed by atoms with Gasteiger partial charge in [-0.05, 0) is 112 Å². The van der Waals surface area contributed by atoms with Gasteiger partial charge in [0.15, 0.2) is 5.82 Å². The van der Waals surface area contributed by atoms with Crippen molar-refractivity contribution in [3.05, 3.63) is 140 Å². The minimum atomic E-state index is -0.956. The molecule has 0 spiro atoms. The number of amides is 3. The van der Waals surface area contributed by atoms with Crippen molar-refractivity contribution in [1.29, 1.82) is 0 Å². The lowest BCUT2D eigenvalue weighted by atomic mass is 9.78. The number of aliphatic hydroxyl groups is 1. The normalized spacial score (nSPS) is 20.3. The van der Waals surface area contributed by atoms with Crippen LogP contribution in [0, 0.1) is 39.0 Å². The number of aliphatic hydroxyl groups excluding tert-OH is 1. The highest BCUT2D eigenvalue weighted by Gasteiger charge is 2.45. The number of Topliss-reactive ketones (excluding diaryl/α,β-unsaturated/α-hetero) is 1. The van der Waals surface area contributed by atoms with Crippen LogP contribution in [0.5, 0.6) is 5.75 Å². The molecule has 1 saturated carbocycles. The number of benzene rings is 3. The first-order valence-corrected chi connectivity index (χ1v) is 25.8. The maximum atomic E-state index is 14.3. The molecular formula is C55H62ClN9O6S. The van der Waals surface area contributed by atoms with Crippen molar-refractivity contribution < 1.29 is 29.0 Å². The van der Waals surface area contributed by atoms with Crippen LogP contribution in [0.25, 0.3) is 10.7 Å². The lowest BCUT2D eigenvalue weighted by molar-refractivity contribution is -0.144. The van der Waals surface area contributed by atoms with Crippen molar-refractivity contribution in [3.8, 4) is 16.4 Å². The summed E-state index contributed by atoms with van der Waals surface area (Å²) in [7, 11) is 0. The van der Waals surface area contributed by atoms with Gasteiger partial charge in [-0.1, -0.05) is 68.8 Å². The number of halogens is 1. The Morgan fingerprint density at radius 3 is 2.26 bits per heavy atom. The highest BCUT2D eigenvalue weighted by atomic mass is 35.5. The summed E-state index contributed by atoms with van der Waals surface area (Å²) in [6, 6.07) is 20.1. The molecule has 2 fully saturated rings. The van der Waals surface area contributed by atoms with Gasteiger partial charge in [0.05, 0.1) is 30.4 Å². The summed E-state index contributed by atoms with van der Waals surface area (Å²) >= 11 is 7.96. The van der Waals surface area contributed by atoms with Gasteiger partial charge < -0.3 is 29.9 Å². The lowest BCUT2D eigenvalue weighted by Gasteiger charge is -2.35. The summed E-state index contributed by atoms with van der Waals surface area (Å²) in [5, 5.41) is 27.4. The number of aromatic nitrogens is 5. The van der Waals surface area contributed by atoms with Crippen LogP contribution >= 0.6 is 22.9 Å². The molecule has 376 valence electrons. The minimum absolute atomic E-state index is 0.0185. The van der Waals surface area contributed by atoms with E-state index < -0.39 is 35.6 Å². The van der Waals surface area contributed by atoms with E-state index in [9.17, 15) is 24.3 Å². The second kappa shape index (κ2) is 20.6. The van der Waals surface area contributed by atoms with E-state index >= 15 is 0 Å². The van der Waals surface area contributed by atoms with Gasteiger partial charge in [0.1, 0.15) is 46.3 Å². The molecule has 3 aliphatic rings. The first-order chi connectivity index (χ1) is 34.3. The molecule has 3 N–H and O–H groups in total. The summed E-state index contributed by atoms with van der Waals surface area (Å²) in [5.74, 6) is 2.09. The number of β-amino-alcohol motifs (C(OH)–C–C–N with tert-alkyl or cyclic N) is 1. The number of aliphatic imine (C=N–C) groups is 1. The predicted molar refractivity (Wildman–Crippen MR) is 277 cm³/mol. The summed E-state index contributed by atoms with van der Waals surface area (Å²) in [6.45, 7) is 15.5. The van der Waals surface area contributed by atoms with E-state index in [0.29, 0.717) is 23.0 Å². The SMILES string of the molecule is Cc1sc2c(c1C)C(c1ccc(Cl)cc1)=N[C@@H](CC(=O)CC1CC(Oc3ccc(CC(=O)N[C@H](C(=O)N4C[C@H](O)C[C@H]4C(=O)N[C@@H](C)c4ccc(-n5ccnc5C)cc4)C(C)(C)C)cc3)C1)c1nnc(C)n1-2. The topological polar surface area (TPSA) is 186 Å². The maximum absolute atomic E-state index is 14.3. The minimum Gasteiger partial charge on any atom is -0.490 e. The molecule has 17 heteroatoms. The summed E-state index contributed by atoms with van der Waals surface area (Å²) in [6.07, 6.45) is 4.90. The van der Waals surface area contributed by atoms with E-state index in [1.807, 2.05) is 125 Å². The predicted octanol–water partition coefficient (Wildman–Crippen LogP) is 8.41. The number of nitrogens with one attached hydrogen (secondary N) is 2. The maximum Gasteiger partial charge on any atom is 0.246 e.